The number of aliphatic hydroxyl groups is 1. The first kappa shape index (κ1) is 28.7. The van der Waals surface area contributed by atoms with Crippen LogP contribution in [0.1, 0.15) is 83.4 Å². The zero-order chi connectivity index (χ0) is 26.1. The van der Waals surface area contributed by atoms with Crippen LogP contribution in [-0.4, -0.2) is 35.5 Å². The standard InChI is InChI=1S/C29H43NO5/c1-7-29(8-2,22-12-15-24(16-13-22)34-18-10-9-11-27(32)30-33)23-14-17-25(21(3)19-23)35-20-26(31)28(4,5)6/h12-17,19,26,31,33H,7-11,18,20H2,1-6H3,(H,30,32). The molecule has 35 heavy (non-hydrogen) atoms. The first-order valence-corrected chi connectivity index (χ1v) is 12.7. The van der Waals surface area contributed by atoms with Gasteiger partial charge in [-0.05, 0) is 72.9 Å². The highest BCUT2D eigenvalue weighted by atomic mass is 16.5. The molecule has 0 aliphatic carbocycles. The van der Waals surface area contributed by atoms with Gasteiger partial charge in [0.25, 0.3) is 0 Å². The van der Waals surface area contributed by atoms with Gasteiger partial charge in [-0.3, -0.25) is 10.0 Å². The largest absolute Gasteiger partial charge is 0.494 e. The van der Waals surface area contributed by atoms with Crippen LogP contribution in [0.2, 0.25) is 0 Å². The minimum atomic E-state index is -0.535. The van der Waals surface area contributed by atoms with E-state index in [0.29, 0.717) is 13.0 Å². The van der Waals surface area contributed by atoms with Crippen LogP contribution in [0.3, 0.4) is 0 Å². The molecule has 0 radical (unpaired) electrons. The molecule has 0 bridgehead atoms. The fourth-order valence-corrected chi connectivity index (χ4v) is 4.26. The molecule has 0 aliphatic rings. The molecule has 3 N–H and O–H groups in total. The second-order valence-corrected chi connectivity index (χ2v) is 10.3. The molecule has 0 aromatic heterocycles. The summed E-state index contributed by atoms with van der Waals surface area (Å²) in [6.45, 7) is 13.3. The highest BCUT2D eigenvalue weighted by Crippen LogP contribution is 2.41. The van der Waals surface area contributed by atoms with E-state index in [1.165, 1.54) is 11.1 Å². The van der Waals surface area contributed by atoms with Gasteiger partial charge in [-0.25, -0.2) is 5.48 Å². The van der Waals surface area contributed by atoms with Gasteiger partial charge < -0.3 is 14.6 Å². The third-order valence-electron chi connectivity index (χ3n) is 6.93. The zero-order valence-electron chi connectivity index (χ0n) is 22.2. The van der Waals surface area contributed by atoms with Crippen molar-refractivity contribution in [3.63, 3.8) is 0 Å². The van der Waals surface area contributed by atoms with Crippen LogP contribution in [-0.2, 0) is 10.2 Å². The first-order chi connectivity index (χ1) is 16.6. The summed E-state index contributed by atoms with van der Waals surface area (Å²) >= 11 is 0. The quantitative estimate of drug-likeness (QED) is 0.186. The van der Waals surface area contributed by atoms with Crippen molar-refractivity contribution in [1.82, 2.24) is 5.48 Å². The SMILES string of the molecule is CCC(CC)(c1ccc(OCCCCC(=O)NO)cc1)c1ccc(OCC(O)C(C)(C)C)c(C)c1. The molecular formula is C29H43NO5. The monoisotopic (exact) mass is 485 g/mol. The van der Waals surface area contributed by atoms with E-state index in [9.17, 15) is 9.90 Å². The number of nitrogens with one attached hydrogen (secondary N) is 1. The number of carbonyl (C=O) groups is 1. The minimum Gasteiger partial charge on any atom is -0.494 e. The summed E-state index contributed by atoms with van der Waals surface area (Å²) in [7, 11) is 0. The Bertz CT molecular complexity index is 929. The van der Waals surface area contributed by atoms with Gasteiger partial charge in [0.15, 0.2) is 0 Å². The van der Waals surface area contributed by atoms with Gasteiger partial charge in [0.05, 0.1) is 12.7 Å². The Kier molecular flexibility index (Phi) is 10.6. The minimum absolute atomic E-state index is 0.121. The van der Waals surface area contributed by atoms with Gasteiger partial charge in [-0.15, -0.1) is 0 Å². The molecule has 2 rings (SSSR count). The average molecular weight is 486 g/mol. The summed E-state index contributed by atoms with van der Waals surface area (Å²) in [5.41, 5.74) is 4.85. The number of rotatable bonds is 13. The van der Waals surface area contributed by atoms with E-state index in [1.807, 2.05) is 39.0 Å². The maximum absolute atomic E-state index is 11.1. The molecular weight excluding hydrogens is 442 g/mol. The third-order valence-corrected chi connectivity index (χ3v) is 6.93. The van der Waals surface area contributed by atoms with Crippen LogP contribution in [0.4, 0.5) is 0 Å². The molecule has 2 aromatic rings. The average Bonchev–Trinajstić information content (AvgIpc) is 2.84. The summed E-state index contributed by atoms with van der Waals surface area (Å²) in [5, 5.41) is 18.9. The lowest BCUT2D eigenvalue weighted by atomic mass is 9.70. The van der Waals surface area contributed by atoms with E-state index in [2.05, 4.69) is 45.0 Å². The fourth-order valence-electron chi connectivity index (χ4n) is 4.26. The van der Waals surface area contributed by atoms with Crippen molar-refractivity contribution in [2.75, 3.05) is 13.2 Å². The van der Waals surface area contributed by atoms with Crippen molar-refractivity contribution < 1.29 is 24.6 Å². The van der Waals surface area contributed by atoms with Gasteiger partial charge >= 0.3 is 0 Å². The van der Waals surface area contributed by atoms with E-state index >= 15 is 0 Å². The number of benzene rings is 2. The number of aryl methyl sites for hydroxylation is 1. The normalized spacial score (nSPS) is 12.8. The van der Waals surface area contributed by atoms with E-state index in [4.69, 9.17) is 14.7 Å². The Morgan fingerprint density at radius 1 is 0.971 bits per heavy atom. The number of hydroxylamine groups is 1. The van der Waals surface area contributed by atoms with Gasteiger partial charge in [-0.1, -0.05) is 58.9 Å². The lowest BCUT2D eigenvalue weighted by Gasteiger charge is -2.34. The van der Waals surface area contributed by atoms with Crippen LogP contribution in [0.5, 0.6) is 11.5 Å². The summed E-state index contributed by atoms with van der Waals surface area (Å²) in [5.74, 6) is 1.24. The van der Waals surface area contributed by atoms with E-state index in [1.54, 1.807) is 5.48 Å². The highest BCUT2D eigenvalue weighted by Gasteiger charge is 2.31. The van der Waals surface area contributed by atoms with Crippen LogP contribution in [0.25, 0.3) is 0 Å². The molecule has 1 atom stereocenters. The zero-order valence-corrected chi connectivity index (χ0v) is 22.2. The summed E-state index contributed by atoms with van der Waals surface area (Å²) in [6, 6.07) is 14.7. The third kappa shape index (κ3) is 7.71. The van der Waals surface area contributed by atoms with Crippen LogP contribution in [0, 0.1) is 12.3 Å². The summed E-state index contributed by atoms with van der Waals surface area (Å²) < 4.78 is 11.8. The van der Waals surface area contributed by atoms with Gasteiger partial charge in [0.2, 0.25) is 5.91 Å². The predicted octanol–water partition coefficient (Wildman–Crippen LogP) is 5.94. The van der Waals surface area contributed by atoms with Crippen LogP contribution < -0.4 is 15.0 Å². The van der Waals surface area contributed by atoms with Crippen LogP contribution in [0.15, 0.2) is 42.5 Å². The Morgan fingerprint density at radius 3 is 2.14 bits per heavy atom. The molecule has 6 heteroatoms. The molecule has 2 aromatic carbocycles. The molecule has 0 fully saturated rings. The van der Waals surface area contributed by atoms with Crippen molar-refractivity contribution in [3.8, 4) is 11.5 Å². The molecule has 0 saturated carbocycles. The number of unbranched alkanes of at least 4 members (excludes halogenated alkanes) is 1. The van der Waals surface area contributed by atoms with E-state index < -0.39 is 6.10 Å². The smallest absolute Gasteiger partial charge is 0.243 e. The lowest BCUT2D eigenvalue weighted by molar-refractivity contribution is -0.129. The first-order valence-electron chi connectivity index (χ1n) is 12.7. The fraction of sp³-hybridized carbons (Fsp3) is 0.552. The molecule has 0 heterocycles. The number of ether oxygens (including phenoxy) is 2. The lowest BCUT2D eigenvalue weighted by Crippen LogP contribution is -2.32. The van der Waals surface area contributed by atoms with Crippen molar-refractivity contribution in [2.45, 2.75) is 85.2 Å². The van der Waals surface area contributed by atoms with E-state index in [0.717, 1.165) is 36.3 Å². The number of hydrogen-bond donors (Lipinski definition) is 3. The number of amides is 1. The topological polar surface area (TPSA) is 88.0 Å². The predicted molar refractivity (Wildman–Crippen MR) is 139 cm³/mol. The van der Waals surface area contributed by atoms with Gasteiger partial charge in [-0.2, -0.15) is 0 Å². The Labute approximate surface area is 210 Å². The number of carbonyl (C=O) groups excluding carboxylic acids is 1. The van der Waals surface area contributed by atoms with Crippen molar-refractivity contribution in [2.24, 2.45) is 5.41 Å². The second-order valence-electron chi connectivity index (χ2n) is 10.3. The van der Waals surface area contributed by atoms with Crippen LogP contribution >= 0.6 is 0 Å². The second kappa shape index (κ2) is 12.9. The molecule has 1 amide bonds. The highest BCUT2D eigenvalue weighted by molar-refractivity contribution is 5.74. The van der Waals surface area contributed by atoms with Gasteiger partial charge in [0.1, 0.15) is 18.1 Å². The van der Waals surface area contributed by atoms with Crippen molar-refractivity contribution in [3.05, 3.63) is 59.2 Å². The summed E-state index contributed by atoms with van der Waals surface area (Å²) in [4.78, 5) is 11.1. The molecule has 6 nitrogen and oxygen atoms in total. The van der Waals surface area contributed by atoms with E-state index in [-0.39, 0.29) is 29.8 Å². The Balaban J connectivity index is 2.11. The van der Waals surface area contributed by atoms with Crippen molar-refractivity contribution >= 4 is 5.91 Å². The Morgan fingerprint density at radius 2 is 1.60 bits per heavy atom. The molecule has 1 unspecified atom stereocenters. The maximum Gasteiger partial charge on any atom is 0.243 e. The maximum atomic E-state index is 11.1. The molecule has 0 spiro atoms. The molecule has 0 aliphatic heterocycles. The number of hydrogen-bond acceptors (Lipinski definition) is 5. The summed E-state index contributed by atoms with van der Waals surface area (Å²) in [6.07, 6.45) is 3.07. The Hall–Kier alpha value is -2.57. The van der Waals surface area contributed by atoms with Crippen molar-refractivity contribution in [1.29, 1.82) is 0 Å². The molecule has 194 valence electrons. The van der Waals surface area contributed by atoms with Gasteiger partial charge in [0, 0.05) is 11.8 Å². The molecule has 0 saturated heterocycles. The number of aliphatic hydroxyl groups excluding tert-OH is 1.